The standard InChI is InChI=1S/C5H8F3NO3S/c1-3(2)13(11)9-12-4(10)5(6,7)8/h3,9H,1-2H3. The highest BCUT2D eigenvalue weighted by molar-refractivity contribution is 7.89. The Kier molecular flexibility index (Phi) is 4.51. The highest BCUT2D eigenvalue weighted by Gasteiger charge is 2.42. The van der Waals surface area contributed by atoms with Crippen LogP contribution in [0.25, 0.3) is 0 Å². The Labute approximate surface area is 75.7 Å². The lowest BCUT2D eigenvalue weighted by atomic mass is 10.6. The largest absolute Gasteiger partial charge is 0.595 e. The predicted octanol–water partition coefficient (Wildman–Crippen LogP) is 0.669. The van der Waals surface area contributed by atoms with Gasteiger partial charge in [0.25, 0.3) is 0 Å². The summed E-state index contributed by atoms with van der Waals surface area (Å²) < 4.78 is 45.2. The Morgan fingerprint density at radius 1 is 1.54 bits per heavy atom. The molecular weight excluding hydrogens is 211 g/mol. The molecular formula is C5H8F3NO3S. The lowest BCUT2D eigenvalue weighted by molar-refractivity contribution is -0.203. The molecule has 0 bridgehead atoms. The number of rotatable bonds is 3. The molecule has 13 heavy (non-hydrogen) atoms. The highest BCUT2D eigenvalue weighted by Crippen LogP contribution is 2.15. The van der Waals surface area contributed by atoms with Crippen molar-refractivity contribution in [2.75, 3.05) is 0 Å². The molecule has 0 saturated heterocycles. The molecule has 1 atom stereocenters. The molecule has 78 valence electrons. The van der Waals surface area contributed by atoms with Crippen molar-refractivity contribution in [3.05, 3.63) is 0 Å². The van der Waals surface area contributed by atoms with Crippen LogP contribution >= 0.6 is 0 Å². The number of alkyl halides is 3. The second-order valence-electron chi connectivity index (χ2n) is 2.32. The first-order valence-corrected chi connectivity index (χ1v) is 4.40. The number of nitrogens with one attached hydrogen (secondary N) is 1. The molecule has 0 aliphatic heterocycles. The molecule has 0 aromatic heterocycles. The van der Waals surface area contributed by atoms with Crippen molar-refractivity contribution >= 4 is 17.3 Å². The molecule has 0 radical (unpaired) electrons. The lowest BCUT2D eigenvalue weighted by Gasteiger charge is -2.13. The Bertz CT molecular complexity index is 184. The van der Waals surface area contributed by atoms with Crippen molar-refractivity contribution in [2.24, 2.45) is 0 Å². The van der Waals surface area contributed by atoms with Crippen LogP contribution in [-0.2, 0) is 21.0 Å². The van der Waals surface area contributed by atoms with Crippen molar-refractivity contribution in [3.8, 4) is 0 Å². The lowest BCUT2D eigenvalue weighted by Crippen LogP contribution is -2.37. The summed E-state index contributed by atoms with van der Waals surface area (Å²) in [4.78, 5) is 15.1. The van der Waals surface area contributed by atoms with E-state index in [0.717, 1.165) is 0 Å². The number of carbonyl (C=O) groups excluding carboxylic acids is 1. The molecule has 0 spiro atoms. The van der Waals surface area contributed by atoms with Crippen molar-refractivity contribution < 1.29 is 27.4 Å². The predicted molar refractivity (Wildman–Crippen MR) is 38.6 cm³/mol. The number of carbonyl (C=O) groups is 1. The second kappa shape index (κ2) is 4.68. The Morgan fingerprint density at radius 2 is 2.00 bits per heavy atom. The monoisotopic (exact) mass is 219 g/mol. The van der Waals surface area contributed by atoms with Gasteiger partial charge >= 0.3 is 12.1 Å². The van der Waals surface area contributed by atoms with Gasteiger partial charge in [-0.1, -0.05) is 0 Å². The van der Waals surface area contributed by atoms with E-state index < -0.39 is 28.8 Å². The molecule has 8 heteroatoms. The zero-order valence-electron chi connectivity index (χ0n) is 6.84. The third-order valence-electron chi connectivity index (χ3n) is 0.876. The summed E-state index contributed by atoms with van der Waals surface area (Å²) in [7, 11) is 0. The van der Waals surface area contributed by atoms with E-state index in [1.54, 1.807) is 0 Å². The van der Waals surface area contributed by atoms with E-state index >= 15 is 0 Å². The van der Waals surface area contributed by atoms with Crippen LogP contribution in [0.1, 0.15) is 13.8 Å². The first-order chi connectivity index (χ1) is 5.75. The summed E-state index contributed by atoms with van der Waals surface area (Å²) >= 11 is -1.82. The van der Waals surface area contributed by atoms with Crippen LogP contribution in [-0.4, -0.2) is 21.9 Å². The molecule has 0 aliphatic carbocycles. The van der Waals surface area contributed by atoms with E-state index in [4.69, 9.17) is 0 Å². The van der Waals surface area contributed by atoms with Crippen molar-refractivity contribution in [2.45, 2.75) is 25.3 Å². The molecule has 4 nitrogen and oxygen atoms in total. The van der Waals surface area contributed by atoms with Crippen molar-refractivity contribution in [3.63, 3.8) is 0 Å². The zero-order valence-corrected chi connectivity index (χ0v) is 7.66. The molecule has 0 amide bonds. The van der Waals surface area contributed by atoms with E-state index in [-0.39, 0.29) is 0 Å². The Morgan fingerprint density at radius 3 is 2.31 bits per heavy atom. The fourth-order valence-corrected chi connectivity index (χ4v) is 0.583. The average Bonchev–Trinajstić information content (AvgIpc) is 1.97. The maximum absolute atomic E-state index is 11.5. The van der Waals surface area contributed by atoms with Gasteiger partial charge in [-0.05, 0) is 13.8 Å². The second-order valence-corrected chi connectivity index (χ2v) is 4.02. The fraction of sp³-hybridized carbons (Fsp3) is 0.800. The van der Waals surface area contributed by atoms with Crippen LogP contribution in [0.5, 0.6) is 0 Å². The topological polar surface area (TPSA) is 61.4 Å². The molecule has 1 unspecified atom stereocenters. The van der Waals surface area contributed by atoms with Crippen molar-refractivity contribution in [1.29, 1.82) is 0 Å². The maximum atomic E-state index is 11.5. The number of hydrogen-bond donors (Lipinski definition) is 1. The van der Waals surface area contributed by atoms with Gasteiger partial charge < -0.3 is 9.39 Å². The first-order valence-electron chi connectivity index (χ1n) is 3.19. The van der Waals surface area contributed by atoms with Crippen LogP contribution in [0.3, 0.4) is 0 Å². The number of halogens is 3. The molecule has 0 saturated carbocycles. The summed E-state index contributed by atoms with van der Waals surface area (Å²) in [6.07, 6.45) is -5.08. The van der Waals surface area contributed by atoms with Gasteiger partial charge in [0.15, 0.2) is 0 Å². The Hall–Kier alpha value is -0.470. The van der Waals surface area contributed by atoms with Gasteiger partial charge in [0.05, 0.1) is 11.4 Å². The molecule has 0 aromatic rings. The van der Waals surface area contributed by atoms with Gasteiger partial charge in [-0.15, -0.1) is 0 Å². The minimum absolute atomic E-state index is 0.443. The molecule has 0 aliphatic rings. The summed E-state index contributed by atoms with van der Waals surface area (Å²) in [5.41, 5.74) is 0. The average molecular weight is 219 g/mol. The smallest absolute Gasteiger partial charge is 0.492 e. The minimum atomic E-state index is -5.08. The highest BCUT2D eigenvalue weighted by atomic mass is 32.2. The van der Waals surface area contributed by atoms with Gasteiger partial charge in [0.1, 0.15) is 5.25 Å². The first kappa shape index (κ1) is 12.5. The van der Waals surface area contributed by atoms with E-state index in [1.165, 1.54) is 18.7 Å². The molecule has 0 heterocycles. The quantitative estimate of drug-likeness (QED) is 0.559. The fourth-order valence-electron chi connectivity index (χ4n) is 0.233. The van der Waals surface area contributed by atoms with Crippen LogP contribution in [0.15, 0.2) is 0 Å². The van der Waals surface area contributed by atoms with Crippen LogP contribution in [0.2, 0.25) is 0 Å². The van der Waals surface area contributed by atoms with Crippen LogP contribution in [0.4, 0.5) is 13.2 Å². The van der Waals surface area contributed by atoms with Gasteiger partial charge in [0, 0.05) is 4.89 Å². The normalized spacial score (nSPS) is 14.4. The summed E-state index contributed by atoms with van der Waals surface area (Å²) in [5, 5.41) is -0.443. The van der Waals surface area contributed by atoms with E-state index in [2.05, 4.69) is 4.84 Å². The third kappa shape index (κ3) is 4.96. The van der Waals surface area contributed by atoms with E-state index in [1.807, 2.05) is 0 Å². The summed E-state index contributed by atoms with van der Waals surface area (Å²) in [6, 6.07) is 0. The molecule has 0 aromatic carbocycles. The van der Waals surface area contributed by atoms with Crippen molar-refractivity contribution in [1.82, 2.24) is 4.89 Å². The maximum Gasteiger partial charge on any atom is 0.492 e. The SMILES string of the molecule is CC(C)[S+]([O-])NOC(=O)C(F)(F)F. The van der Waals surface area contributed by atoms with E-state index in [9.17, 15) is 22.5 Å². The summed E-state index contributed by atoms with van der Waals surface area (Å²) in [6.45, 7) is 2.98. The zero-order chi connectivity index (χ0) is 10.6. The molecule has 1 N–H and O–H groups in total. The van der Waals surface area contributed by atoms with Gasteiger partial charge in [-0.25, -0.2) is 4.79 Å². The molecule has 0 rings (SSSR count). The van der Waals surface area contributed by atoms with Gasteiger partial charge in [-0.3, -0.25) is 0 Å². The van der Waals surface area contributed by atoms with Crippen LogP contribution < -0.4 is 4.89 Å². The molecule has 0 fully saturated rings. The Balaban J connectivity index is 3.84. The van der Waals surface area contributed by atoms with Crippen LogP contribution in [0, 0.1) is 0 Å². The third-order valence-corrected chi connectivity index (χ3v) is 1.98. The number of hydrogen-bond acceptors (Lipinski definition) is 4. The summed E-state index contributed by atoms with van der Waals surface area (Å²) in [5.74, 6) is -2.42. The van der Waals surface area contributed by atoms with Gasteiger partial charge in [-0.2, -0.15) is 13.2 Å². The minimum Gasteiger partial charge on any atom is -0.595 e. The van der Waals surface area contributed by atoms with Gasteiger partial charge in [0.2, 0.25) is 0 Å². The van der Waals surface area contributed by atoms with E-state index in [0.29, 0.717) is 0 Å².